The first-order valence-electron chi connectivity index (χ1n) is 13.7. The third-order valence-electron chi connectivity index (χ3n) is 7.27. The predicted octanol–water partition coefficient (Wildman–Crippen LogP) is 4.58. The van der Waals surface area contributed by atoms with Gasteiger partial charge in [0.25, 0.3) is 0 Å². The molecule has 2 saturated heterocycles. The Labute approximate surface area is 246 Å². The van der Waals surface area contributed by atoms with Gasteiger partial charge in [0.15, 0.2) is 6.29 Å². The molecule has 42 heavy (non-hydrogen) atoms. The summed E-state index contributed by atoms with van der Waals surface area (Å²) >= 11 is 0. The molecule has 6 atom stereocenters. The van der Waals surface area contributed by atoms with Crippen molar-refractivity contribution < 1.29 is 45.2 Å². The van der Waals surface area contributed by atoms with Crippen LogP contribution in [0.15, 0.2) is 78.9 Å². The number of ether oxygens (including phenoxy) is 6. The number of benzene rings is 3. The van der Waals surface area contributed by atoms with Crippen LogP contribution in [-0.2, 0) is 50.9 Å². The molecule has 2 heterocycles. The molecule has 3 aromatic carbocycles. The highest BCUT2D eigenvalue weighted by molar-refractivity contribution is 7.81. The number of methoxy groups -OCH3 is 2. The summed E-state index contributed by atoms with van der Waals surface area (Å²) in [7, 11) is -1.01. The van der Waals surface area contributed by atoms with Gasteiger partial charge in [-0.15, -0.1) is 0 Å². The van der Waals surface area contributed by atoms with Crippen LogP contribution < -0.4 is 9.47 Å². The van der Waals surface area contributed by atoms with Gasteiger partial charge in [0.05, 0.1) is 40.6 Å². The van der Waals surface area contributed by atoms with Crippen molar-refractivity contribution in [2.75, 3.05) is 27.4 Å². The topological polar surface area (TPSA) is 108 Å². The first-order chi connectivity index (χ1) is 20.3. The van der Waals surface area contributed by atoms with Crippen molar-refractivity contribution in [3.8, 4) is 11.5 Å². The molecule has 0 saturated carbocycles. The molecule has 0 amide bonds. The fourth-order valence-electron chi connectivity index (χ4n) is 4.90. The normalized spacial score (nSPS) is 26.3. The molecule has 0 bridgehead atoms. The second-order valence-corrected chi connectivity index (χ2v) is 11.5. The van der Waals surface area contributed by atoms with Crippen molar-refractivity contribution in [3.63, 3.8) is 0 Å². The molecule has 0 spiro atoms. The van der Waals surface area contributed by atoms with Crippen LogP contribution in [0.3, 0.4) is 0 Å². The number of rotatable bonds is 11. The SMILES string of the molecule is COc1ccc(CO[C@@H]([C@@H]2OS(=O)(=O)OC[C@H]2C)[C@@H]2OC(c3ccccc3)OC[C@@H]2OCc2ccc(OC)cc2)cc1. The van der Waals surface area contributed by atoms with Crippen molar-refractivity contribution in [2.24, 2.45) is 5.92 Å². The van der Waals surface area contributed by atoms with Crippen LogP contribution in [0.2, 0.25) is 0 Å². The van der Waals surface area contributed by atoms with Gasteiger partial charge in [0, 0.05) is 11.5 Å². The van der Waals surface area contributed by atoms with E-state index in [9.17, 15) is 8.42 Å². The molecule has 0 radical (unpaired) electrons. The Hall–Kier alpha value is -3.03. The summed E-state index contributed by atoms with van der Waals surface area (Å²) in [5, 5.41) is 0. The molecule has 2 aliphatic rings. The van der Waals surface area contributed by atoms with Gasteiger partial charge in [-0.1, -0.05) is 61.5 Å². The van der Waals surface area contributed by atoms with Crippen molar-refractivity contribution in [1.82, 2.24) is 0 Å². The van der Waals surface area contributed by atoms with E-state index in [1.165, 1.54) is 0 Å². The summed E-state index contributed by atoms with van der Waals surface area (Å²) in [6.07, 6.45) is -3.81. The van der Waals surface area contributed by atoms with Gasteiger partial charge in [-0.3, -0.25) is 0 Å². The second kappa shape index (κ2) is 14.0. The van der Waals surface area contributed by atoms with Crippen molar-refractivity contribution in [3.05, 3.63) is 95.6 Å². The zero-order valence-electron chi connectivity index (χ0n) is 23.8. The van der Waals surface area contributed by atoms with Gasteiger partial charge in [0.1, 0.15) is 35.9 Å². The molecule has 0 aromatic heterocycles. The average molecular weight is 601 g/mol. The lowest BCUT2D eigenvalue weighted by atomic mass is 9.93. The largest absolute Gasteiger partial charge is 0.497 e. The van der Waals surface area contributed by atoms with E-state index < -0.39 is 41.1 Å². The third kappa shape index (κ3) is 7.67. The van der Waals surface area contributed by atoms with E-state index in [4.69, 9.17) is 36.8 Å². The van der Waals surface area contributed by atoms with E-state index in [0.29, 0.717) is 5.75 Å². The first kappa shape index (κ1) is 30.4. The number of hydrogen-bond acceptors (Lipinski definition) is 10. The van der Waals surface area contributed by atoms with Crippen LogP contribution in [0, 0.1) is 5.92 Å². The minimum atomic E-state index is -4.22. The molecule has 0 N–H and O–H groups in total. The average Bonchev–Trinajstić information content (AvgIpc) is 3.03. The molecule has 226 valence electrons. The van der Waals surface area contributed by atoms with Gasteiger partial charge in [-0.25, -0.2) is 8.37 Å². The lowest BCUT2D eigenvalue weighted by Crippen LogP contribution is -2.57. The van der Waals surface area contributed by atoms with Gasteiger partial charge >= 0.3 is 10.4 Å². The molecule has 3 aromatic rings. The van der Waals surface area contributed by atoms with Gasteiger partial charge < -0.3 is 28.4 Å². The van der Waals surface area contributed by atoms with E-state index in [1.54, 1.807) is 14.2 Å². The van der Waals surface area contributed by atoms with Crippen LogP contribution in [0.25, 0.3) is 0 Å². The predicted molar refractivity (Wildman–Crippen MR) is 152 cm³/mol. The zero-order valence-corrected chi connectivity index (χ0v) is 24.6. The Morgan fingerprint density at radius 2 is 1.43 bits per heavy atom. The number of hydrogen-bond donors (Lipinski definition) is 0. The van der Waals surface area contributed by atoms with Crippen LogP contribution in [0.4, 0.5) is 0 Å². The van der Waals surface area contributed by atoms with Crippen molar-refractivity contribution in [1.29, 1.82) is 0 Å². The van der Waals surface area contributed by atoms with E-state index in [1.807, 2.05) is 85.8 Å². The lowest BCUT2D eigenvalue weighted by Gasteiger charge is -2.44. The van der Waals surface area contributed by atoms with E-state index in [-0.39, 0.29) is 32.3 Å². The highest BCUT2D eigenvalue weighted by Gasteiger charge is 2.48. The maximum atomic E-state index is 12.4. The molecule has 10 nitrogen and oxygen atoms in total. The van der Waals surface area contributed by atoms with Crippen LogP contribution >= 0.6 is 0 Å². The molecule has 1 unspecified atom stereocenters. The molecular formula is C31H36O10S. The Balaban J connectivity index is 1.43. The summed E-state index contributed by atoms with van der Waals surface area (Å²) in [5.74, 6) is 1.14. The van der Waals surface area contributed by atoms with E-state index in [0.717, 1.165) is 22.4 Å². The maximum Gasteiger partial charge on any atom is 0.400 e. The molecule has 2 aliphatic heterocycles. The molecule has 2 fully saturated rings. The molecular weight excluding hydrogens is 564 g/mol. The molecule has 0 aliphatic carbocycles. The molecule has 5 rings (SSSR count). The van der Waals surface area contributed by atoms with E-state index >= 15 is 0 Å². The summed E-state index contributed by atoms with van der Waals surface area (Å²) in [4.78, 5) is 0. The minimum Gasteiger partial charge on any atom is -0.497 e. The highest BCUT2D eigenvalue weighted by atomic mass is 32.3. The van der Waals surface area contributed by atoms with Gasteiger partial charge in [-0.2, -0.15) is 8.42 Å². The van der Waals surface area contributed by atoms with Gasteiger partial charge in [-0.05, 0) is 35.4 Å². The van der Waals surface area contributed by atoms with Crippen molar-refractivity contribution >= 4 is 10.4 Å². The lowest BCUT2D eigenvalue weighted by molar-refractivity contribution is -0.300. The second-order valence-electron chi connectivity index (χ2n) is 10.2. The summed E-state index contributed by atoms with van der Waals surface area (Å²) in [6.45, 7) is 2.43. The standard InChI is InChI=1S/C31H36O10S/c1-21-17-39-42(32,33)41-28(21)30(37-19-23-11-15-26(35-3)16-12-23)29-27(36-18-22-9-13-25(34-2)14-10-22)20-38-31(40-29)24-7-5-4-6-8-24/h4-16,21,27-31H,17-20H2,1-3H3/t21-,27+,28-,29-,30+,31?/m1/s1. The quantitative estimate of drug-likeness (QED) is 0.310. The monoisotopic (exact) mass is 600 g/mol. The summed E-state index contributed by atoms with van der Waals surface area (Å²) < 4.78 is 71.4. The third-order valence-corrected chi connectivity index (χ3v) is 8.15. The highest BCUT2D eigenvalue weighted by Crippen LogP contribution is 2.35. The van der Waals surface area contributed by atoms with Crippen LogP contribution in [0.5, 0.6) is 11.5 Å². The summed E-state index contributed by atoms with van der Waals surface area (Å²) in [6, 6.07) is 24.5. The van der Waals surface area contributed by atoms with Crippen LogP contribution in [0.1, 0.15) is 29.9 Å². The van der Waals surface area contributed by atoms with Crippen LogP contribution in [-0.4, -0.2) is 60.3 Å². The zero-order chi connectivity index (χ0) is 29.5. The summed E-state index contributed by atoms with van der Waals surface area (Å²) in [5.41, 5.74) is 2.61. The maximum absolute atomic E-state index is 12.4. The van der Waals surface area contributed by atoms with Crippen molar-refractivity contribution in [2.45, 2.75) is 50.8 Å². The van der Waals surface area contributed by atoms with Gasteiger partial charge in [0.2, 0.25) is 0 Å². The Morgan fingerprint density at radius 3 is 2.05 bits per heavy atom. The van der Waals surface area contributed by atoms with E-state index in [2.05, 4.69) is 0 Å². The molecule has 11 heteroatoms. The fourth-order valence-corrected chi connectivity index (χ4v) is 5.91. The Kier molecular flexibility index (Phi) is 10.1. The Bertz CT molecular complexity index is 1370. The minimum absolute atomic E-state index is 0.0435. The smallest absolute Gasteiger partial charge is 0.400 e. The first-order valence-corrected chi connectivity index (χ1v) is 15.1. The fraction of sp³-hybridized carbons (Fsp3) is 0.419. The Morgan fingerprint density at radius 1 is 0.810 bits per heavy atom.